The average molecular weight is 189 g/mol. The Labute approximate surface area is 78.5 Å². The van der Waals surface area contributed by atoms with Crippen LogP contribution in [0.1, 0.15) is 20.8 Å². The van der Waals surface area contributed by atoms with Gasteiger partial charge in [-0.15, -0.1) is 0 Å². The van der Waals surface area contributed by atoms with Gasteiger partial charge in [0, 0.05) is 0 Å². The monoisotopic (exact) mass is 189 g/mol. The van der Waals surface area contributed by atoms with Crippen LogP contribution in [0.5, 0.6) is 0 Å². The highest BCUT2D eigenvalue weighted by Crippen LogP contribution is 2.16. The van der Waals surface area contributed by atoms with Crippen molar-refractivity contribution in [3.05, 3.63) is 18.4 Å². The highest BCUT2D eigenvalue weighted by atomic mass is 16.5. The molecule has 77 valence electrons. The number of hydrogen-bond donors (Lipinski definition) is 3. The molecular formula is C9H17O4. The van der Waals surface area contributed by atoms with Crippen LogP contribution >= 0.6 is 0 Å². The molecule has 0 heterocycles. The standard InChI is InChI=1S/C9H17O4/c1-9(2,3)13-8(4-5-10)7(12)6-11/h4,6-7,10-12H,5H2,1-3H3/b8-4+/t7-/m0/s1. The van der Waals surface area contributed by atoms with E-state index in [1.807, 2.05) is 20.8 Å². The zero-order valence-corrected chi connectivity index (χ0v) is 8.19. The Morgan fingerprint density at radius 2 is 2.00 bits per heavy atom. The summed E-state index contributed by atoms with van der Waals surface area (Å²) in [5.41, 5.74) is -0.467. The number of ether oxygens (including phenoxy) is 1. The van der Waals surface area contributed by atoms with E-state index in [1.165, 1.54) is 6.08 Å². The van der Waals surface area contributed by atoms with Crippen molar-refractivity contribution in [3.63, 3.8) is 0 Å². The van der Waals surface area contributed by atoms with Crippen LogP contribution in [0.15, 0.2) is 11.8 Å². The third-order valence-corrected chi connectivity index (χ3v) is 1.15. The predicted molar refractivity (Wildman–Crippen MR) is 48.2 cm³/mol. The minimum absolute atomic E-state index is 0.150. The summed E-state index contributed by atoms with van der Waals surface area (Å²) >= 11 is 0. The van der Waals surface area contributed by atoms with Gasteiger partial charge in [-0.05, 0) is 26.8 Å². The molecule has 0 aliphatic carbocycles. The Bertz CT molecular complexity index is 169. The highest BCUT2D eigenvalue weighted by molar-refractivity contribution is 5.04. The van der Waals surface area contributed by atoms with E-state index < -0.39 is 11.7 Å². The first-order chi connectivity index (χ1) is 5.90. The maximum Gasteiger partial charge on any atom is 0.139 e. The number of aliphatic hydroxyl groups is 3. The predicted octanol–water partition coefficient (Wildman–Crippen LogP) is 0.573. The van der Waals surface area contributed by atoms with E-state index in [-0.39, 0.29) is 12.4 Å². The van der Waals surface area contributed by atoms with Gasteiger partial charge in [0.25, 0.3) is 0 Å². The molecule has 0 unspecified atom stereocenters. The minimum atomic E-state index is -1.19. The molecule has 4 nitrogen and oxygen atoms in total. The molecule has 1 atom stereocenters. The van der Waals surface area contributed by atoms with E-state index in [1.54, 1.807) is 0 Å². The summed E-state index contributed by atoms with van der Waals surface area (Å²) in [6, 6.07) is 0. The molecule has 0 aliphatic heterocycles. The SMILES string of the molecule is CC(C)(C)O/C(=C/CO)[C@@H](O)[CH]O. The molecule has 0 aromatic heterocycles. The van der Waals surface area contributed by atoms with Gasteiger partial charge < -0.3 is 20.1 Å². The molecule has 0 aromatic rings. The molecule has 4 heteroatoms. The maximum atomic E-state index is 9.20. The van der Waals surface area contributed by atoms with Crippen LogP contribution in [0.25, 0.3) is 0 Å². The molecule has 0 fully saturated rings. The zero-order valence-electron chi connectivity index (χ0n) is 8.19. The highest BCUT2D eigenvalue weighted by Gasteiger charge is 2.18. The summed E-state index contributed by atoms with van der Waals surface area (Å²) in [6.07, 6.45) is 0.120. The van der Waals surface area contributed by atoms with E-state index in [4.69, 9.17) is 14.9 Å². The van der Waals surface area contributed by atoms with Crippen molar-refractivity contribution in [3.8, 4) is 0 Å². The van der Waals surface area contributed by atoms with Crippen LogP contribution in [0, 0.1) is 6.61 Å². The van der Waals surface area contributed by atoms with Crippen LogP contribution in [0.2, 0.25) is 0 Å². The van der Waals surface area contributed by atoms with Crippen LogP contribution < -0.4 is 0 Å². The Hall–Kier alpha value is -0.580. The fourth-order valence-electron chi connectivity index (χ4n) is 0.740. The molecule has 0 aromatic carbocycles. The molecule has 13 heavy (non-hydrogen) atoms. The average Bonchev–Trinajstić information content (AvgIpc) is 2.00. The summed E-state index contributed by atoms with van der Waals surface area (Å²) in [5.74, 6) is 0.150. The summed E-state index contributed by atoms with van der Waals surface area (Å²) < 4.78 is 5.29. The smallest absolute Gasteiger partial charge is 0.139 e. The van der Waals surface area contributed by atoms with E-state index in [9.17, 15) is 5.11 Å². The van der Waals surface area contributed by atoms with E-state index >= 15 is 0 Å². The van der Waals surface area contributed by atoms with Crippen molar-refractivity contribution in [1.29, 1.82) is 0 Å². The van der Waals surface area contributed by atoms with E-state index in [2.05, 4.69) is 0 Å². The molecule has 0 bridgehead atoms. The van der Waals surface area contributed by atoms with Crippen molar-refractivity contribution in [1.82, 2.24) is 0 Å². The van der Waals surface area contributed by atoms with Crippen LogP contribution in [0.4, 0.5) is 0 Å². The van der Waals surface area contributed by atoms with Crippen LogP contribution in [0.3, 0.4) is 0 Å². The second kappa shape index (κ2) is 5.21. The number of rotatable bonds is 4. The van der Waals surface area contributed by atoms with Crippen molar-refractivity contribution in [2.75, 3.05) is 6.61 Å². The maximum absolute atomic E-state index is 9.20. The van der Waals surface area contributed by atoms with Gasteiger partial charge in [-0.25, -0.2) is 0 Å². The second-order valence-electron chi connectivity index (χ2n) is 3.60. The summed E-state index contributed by atoms with van der Waals surface area (Å²) in [6.45, 7) is 5.79. The first-order valence-electron chi connectivity index (χ1n) is 4.06. The molecule has 0 spiro atoms. The molecule has 0 aliphatic rings. The quantitative estimate of drug-likeness (QED) is 0.565. The molecule has 1 radical (unpaired) electrons. The van der Waals surface area contributed by atoms with Gasteiger partial charge in [0.2, 0.25) is 0 Å². The van der Waals surface area contributed by atoms with Crippen LogP contribution in [-0.2, 0) is 4.74 Å². The van der Waals surface area contributed by atoms with Gasteiger partial charge >= 0.3 is 0 Å². The molecule has 0 rings (SSSR count). The molecule has 0 amide bonds. The molecular weight excluding hydrogens is 172 g/mol. The fourth-order valence-corrected chi connectivity index (χ4v) is 0.740. The lowest BCUT2D eigenvalue weighted by atomic mass is 10.2. The normalized spacial score (nSPS) is 15.7. The van der Waals surface area contributed by atoms with Gasteiger partial charge in [0.05, 0.1) is 6.61 Å². The topological polar surface area (TPSA) is 69.9 Å². The largest absolute Gasteiger partial charge is 0.490 e. The van der Waals surface area contributed by atoms with Crippen molar-refractivity contribution in [2.24, 2.45) is 0 Å². The Morgan fingerprint density at radius 3 is 2.31 bits per heavy atom. The lowest BCUT2D eigenvalue weighted by molar-refractivity contribution is 0.00492. The number of aliphatic hydroxyl groups excluding tert-OH is 3. The Morgan fingerprint density at radius 1 is 1.46 bits per heavy atom. The third kappa shape index (κ3) is 5.63. The lowest BCUT2D eigenvalue weighted by Crippen LogP contribution is -2.25. The van der Waals surface area contributed by atoms with Gasteiger partial charge in [-0.1, -0.05) is 0 Å². The Kier molecular flexibility index (Phi) is 4.98. The van der Waals surface area contributed by atoms with Crippen LogP contribution in [-0.4, -0.2) is 33.6 Å². The first kappa shape index (κ1) is 12.4. The van der Waals surface area contributed by atoms with Gasteiger partial charge in [0.15, 0.2) is 0 Å². The van der Waals surface area contributed by atoms with E-state index in [0.717, 1.165) is 0 Å². The lowest BCUT2D eigenvalue weighted by Gasteiger charge is -2.25. The Balaban J connectivity index is 4.36. The third-order valence-electron chi connectivity index (χ3n) is 1.15. The molecule has 3 N–H and O–H groups in total. The minimum Gasteiger partial charge on any atom is -0.490 e. The summed E-state index contributed by atoms with van der Waals surface area (Å²) in [4.78, 5) is 0. The second-order valence-corrected chi connectivity index (χ2v) is 3.60. The first-order valence-corrected chi connectivity index (χ1v) is 4.06. The molecule has 0 saturated heterocycles. The van der Waals surface area contributed by atoms with Gasteiger partial charge in [0.1, 0.15) is 24.1 Å². The van der Waals surface area contributed by atoms with Crippen molar-refractivity contribution < 1.29 is 20.1 Å². The zero-order chi connectivity index (χ0) is 10.5. The summed E-state index contributed by atoms with van der Waals surface area (Å²) in [7, 11) is 0. The molecule has 0 saturated carbocycles. The van der Waals surface area contributed by atoms with Gasteiger partial charge in [-0.3, -0.25) is 0 Å². The van der Waals surface area contributed by atoms with Crippen molar-refractivity contribution in [2.45, 2.75) is 32.5 Å². The summed E-state index contributed by atoms with van der Waals surface area (Å²) in [5, 5.41) is 26.4. The fraction of sp³-hybridized carbons (Fsp3) is 0.667. The van der Waals surface area contributed by atoms with E-state index in [0.29, 0.717) is 6.61 Å². The van der Waals surface area contributed by atoms with Gasteiger partial charge in [-0.2, -0.15) is 0 Å². The number of hydrogen-bond acceptors (Lipinski definition) is 4. The van der Waals surface area contributed by atoms with Crippen molar-refractivity contribution >= 4 is 0 Å².